The highest BCUT2D eigenvalue weighted by atomic mass is 14.6. The molecule has 53 valence electrons. The van der Waals surface area contributed by atoms with Crippen molar-refractivity contribution in [2.24, 2.45) is 0 Å². The molecule has 0 saturated carbocycles. The van der Waals surface area contributed by atoms with E-state index in [1.165, 1.54) is 10.9 Å². The van der Waals surface area contributed by atoms with Crippen LogP contribution in [0.3, 0.4) is 0 Å². The lowest BCUT2D eigenvalue weighted by molar-refractivity contribution is 1.39. The van der Waals surface area contributed by atoms with Gasteiger partial charge in [0.05, 0.1) is 5.52 Å². The first kappa shape index (κ1) is 6.35. The van der Waals surface area contributed by atoms with Gasteiger partial charge in [-0.25, -0.2) is 0 Å². The predicted molar refractivity (Wildman–Crippen MR) is 45.3 cm³/mol. The van der Waals surface area contributed by atoms with Gasteiger partial charge in [-0.1, -0.05) is 12.1 Å². The smallest absolute Gasteiger partial charge is 0.0710 e. The van der Waals surface area contributed by atoms with Crippen LogP contribution in [0.1, 0.15) is 5.56 Å². The van der Waals surface area contributed by atoms with Gasteiger partial charge in [-0.3, -0.25) is 4.98 Å². The number of fused-ring (bicyclic) bond motifs is 1. The molecule has 1 aromatic heterocycles. The standard InChI is InChI=1S/C10H8N/c1-8-4-2-6-10-9(8)5-3-7-11-10/h3-7H,1H3. The van der Waals surface area contributed by atoms with Crippen molar-refractivity contribution in [1.82, 2.24) is 4.98 Å². The first-order chi connectivity index (χ1) is 5.38. The Balaban J connectivity index is 2.91. The maximum atomic E-state index is 4.21. The Hall–Kier alpha value is -1.37. The Bertz CT molecular complexity index is 374. The monoisotopic (exact) mass is 142 g/mol. The van der Waals surface area contributed by atoms with Gasteiger partial charge >= 0.3 is 0 Å². The molecule has 0 saturated heterocycles. The van der Waals surface area contributed by atoms with Crippen LogP contribution in [-0.2, 0) is 0 Å². The number of hydrogen-bond acceptors (Lipinski definition) is 1. The van der Waals surface area contributed by atoms with Crippen molar-refractivity contribution in [3.05, 3.63) is 42.1 Å². The van der Waals surface area contributed by atoms with Crippen LogP contribution < -0.4 is 0 Å². The zero-order valence-electron chi connectivity index (χ0n) is 6.33. The fourth-order valence-corrected chi connectivity index (χ4v) is 1.19. The molecule has 0 fully saturated rings. The molecule has 0 unspecified atom stereocenters. The minimum Gasteiger partial charge on any atom is -0.256 e. The number of aromatic nitrogens is 1. The SMILES string of the molecule is Cc1c[c]cc2ncccc12. The molecule has 0 amide bonds. The van der Waals surface area contributed by atoms with E-state index < -0.39 is 0 Å². The second-order valence-corrected chi connectivity index (χ2v) is 2.57. The molecular weight excluding hydrogens is 134 g/mol. The average Bonchev–Trinajstić information content (AvgIpc) is 2.06. The second kappa shape index (κ2) is 2.35. The van der Waals surface area contributed by atoms with Crippen molar-refractivity contribution < 1.29 is 0 Å². The molecule has 0 aliphatic carbocycles. The van der Waals surface area contributed by atoms with E-state index in [0.29, 0.717) is 0 Å². The summed E-state index contributed by atoms with van der Waals surface area (Å²) in [6.07, 6.45) is 1.80. The summed E-state index contributed by atoms with van der Waals surface area (Å²) in [5, 5.41) is 1.21. The van der Waals surface area contributed by atoms with Gasteiger partial charge in [0.15, 0.2) is 0 Å². The van der Waals surface area contributed by atoms with Crippen LogP contribution in [0.5, 0.6) is 0 Å². The van der Waals surface area contributed by atoms with Crippen molar-refractivity contribution in [1.29, 1.82) is 0 Å². The lowest BCUT2D eigenvalue weighted by atomic mass is 10.1. The van der Waals surface area contributed by atoms with E-state index >= 15 is 0 Å². The van der Waals surface area contributed by atoms with Gasteiger partial charge in [0.1, 0.15) is 0 Å². The molecule has 1 nitrogen and oxygen atoms in total. The van der Waals surface area contributed by atoms with Crippen LogP contribution >= 0.6 is 0 Å². The van der Waals surface area contributed by atoms with E-state index in [4.69, 9.17) is 0 Å². The summed E-state index contributed by atoms with van der Waals surface area (Å²) in [5.41, 5.74) is 2.25. The summed E-state index contributed by atoms with van der Waals surface area (Å²) < 4.78 is 0. The molecule has 0 bridgehead atoms. The third-order valence-electron chi connectivity index (χ3n) is 1.78. The molecule has 0 aliphatic rings. The van der Waals surface area contributed by atoms with Gasteiger partial charge in [-0.05, 0) is 30.7 Å². The van der Waals surface area contributed by atoms with Crippen LogP contribution in [0.2, 0.25) is 0 Å². The van der Waals surface area contributed by atoms with E-state index in [1.807, 2.05) is 18.2 Å². The van der Waals surface area contributed by atoms with Crippen molar-refractivity contribution in [2.75, 3.05) is 0 Å². The Morgan fingerprint density at radius 1 is 1.36 bits per heavy atom. The quantitative estimate of drug-likeness (QED) is 0.550. The fourth-order valence-electron chi connectivity index (χ4n) is 1.19. The second-order valence-electron chi connectivity index (χ2n) is 2.57. The Kier molecular flexibility index (Phi) is 1.35. The maximum Gasteiger partial charge on any atom is 0.0710 e. The Morgan fingerprint density at radius 3 is 3.09 bits per heavy atom. The largest absolute Gasteiger partial charge is 0.256 e. The van der Waals surface area contributed by atoms with Crippen LogP contribution in [0.15, 0.2) is 30.5 Å². The molecule has 1 heterocycles. The summed E-state index contributed by atoms with van der Waals surface area (Å²) in [7, 11) is 0. The zero-order chi connectivity index (χ0) is 7.68. The third kappa shape index (κ3) is 0.984. The first-order valence-corrected chi connectivity index (χ1v) is 3.59. The minimum atomic E-state index is 1.02. The van der Waals surface area contributed by atoms with Gasteiger partial charge in [0.2, 0.25) is 0 Å². The van der Waals surface area contributed by atoms with Gasteiger partial charge < -0.3 is 0 Å². The highest BCUT2D eigenvalue weighted by molar-refractivity contribution is 5.81. The van der Waals surface area contributed by atoms with Gasteiger partial charge in [0, 0.05) is 11.6 Å². The van der Waals surface area contributed by atoms with Gasteiger partial charge in [-0.15, -0.1) is 0 Å². The van der Waals surface area contributed by atoms with Crippen molar-refractivity contribution in [2.45, 2.75) is 6.92 Å². The number of nitrogens with zero attached hydrogens (tertiary/aromatic N) is 1. The van der Waals surface area contributed by atoms with Gasteiger partial charge in [-0.2, -0.15) is 0 Å². The van der Waals surface area contributed by atoms with E-state index in [-0.39, 0.29) is 0 Å². The molecule has 1 radical (unpaired) electrons. The summed E-state index contributed by atoms with van der Waals surface area (Å²) in [5.74, 6) is 0. The number of hydrogen-bond donors (Lipinski definition) is 0. The van der Waals surface area contributed by atoms with E-state index in [0.717, 1.165) is 5.52 Å². The number of aryl methyl sites for hydroxylation is 1. The van der Waals surface area contributed by atoms with Crippen molar-refractivity contribution >= 4 is 10.9 Å². The fraction of sp³-hybridized carbons (Fsp3) is 0.100. The molecule has 0 spiro atoms. The zero-order valence-corrected chi connectivity index (χ0v) is 6.33. The highest BCUT2D eigenvalue weighted by Gasteiger charge is 1.93. The van der Waals surface area contributed by atoms with Gasteiger partial charge in [0.25, 0.3) is 0 Å². The molecule has 0 aliphatic heterocycles. The third-order valence-corrected chi connectivity index (χ3v) is 1.78. The Labute approximate surface area is 65.7 Å². The van der Waals surface area contributed by atoms with Crippen LogP contribution in [-0.4, -0.2) is 4.98 Å². The minimum absolute atomic E-state index is 1.02. The van der Waals surface area contributed by atoms with Crippen LogP contribution in [0, 0.1) is 13.0 Å². The van der Waals surface area contributed by atoms with Crippen LogP contribution in [0.4, 0.5) is 0 Å². The van der Waals surface area contributed by atoms with E-state index in [2.05, 4.69) is 24.0 Å². The van der Waals surface area contributed by atoms with Crippen molar-refractivity contribution in [3.8, 4) is 0 Å². The first-order valence-electron chi connectivity index (χ1n) is 3.59. The lowest BCUT2D eigenvalue weighted by Gasteiger charge is -1.97. The molecule has 1 aromatic carbocycles. The highest BCUT2D eigenvalue weighted by Crippen LogP contribution is 2.13. The topological polar surface area (TPSA) is 12.9 Å². The predicted octanol–water partition coefficient (Wildman–Crippen LogP) is 2.34. The lowest BCUT2D eigenvalue weighted by Crippen LogP contribution is -1.79. The number of benzene rings is 1. The summed E-state index contributed by atoms with van der Waals surface area (Å²) in [6, 6.07) is 11.0. The molecular formula is C10H8N. The Morgan fingerprint density at radius 2 is 2.27 bits per heavy atom. The summed E-state index contributed by atoms with van der Waals surface area (Å²) in [6.45, 7) is 2.07. The summed E-state index contributed by atoms with van der Waals surface area (Å²) in [4.78, 5) is 4.21. The van der Waals surface area contributed by atoms with E-state index in [9.17, 15) is 0 Å². The molecule has 2 rings (SSSR count). The molecule has 2 aromatic rings. The summed E-state index contributed by atoms with van der Waals surface area (Å²) >= 11 is 0. The molecule has 1 heteroatoms. The average molecular weight is 142 g/mol. The van der Waals surface area contributed by atoms with Crippen LogP contribution in [0.25, 0.3) is 10.9 Å². The molecule has 0 N–H and O–H groups in total. The maximum absolute atomic E-state index is 4.21. The molecule has 0 atom stereocenters. The number of rotatable bonds is 0. The van der Waals surface area contributed by atoms with Crippen molar-refractivity contribution in [3.63, 3.8) is 0 Å². The molecule has 11 heavy (non-hydrogen) atoms. The van der Waals surface area contributed by atoms with E-state index in [1.54, 1.807) is 6.20 Å². The number of pyridine rings is 1. The normalized spacial score (nSPS) is 10.3.